The number of halogens is 3. The molecule has 0 spiro atoms. The van der Waals surface area contributed by atoms with Crippen LogP contribution >= 0.6 is 0 Å². The Morgan fingerprint density at radius 2 is 1.56 bits per heavy atom. The van der Waals surface area contributed by atoms with Crippen LogP contribution < -0.4 is 5.73 Å². The molecule has 0 aromatic heterocycles. The van der Waals surface area contributed by atoms with Crippen molar-refractivity contribution in [3.8, 4) is 0 Å². The van der Waals surface area contributed by atoms with Crippen molar-refractivity contribution in [1.82, 2.24) is 0 Å². The maximum absolute atomic E-state index is 12.3. The second kappa shape index (κ2) is 5.71. The molecule has 3 N–H and O–H groups in total. The lowest BCUT2D eigenvalue weighted by molar-refractivity contribution is -0.153. The molecule has 2 nitrogen and oxygen atoms in total. The zero-order valence-corrected chi connectivity index (χ0v) is 10.4. The van der Waals surface area contributed by atoms with Crippen LogP contribution in [-0.4, -0.2) is 17.3 Å². The van der Waals surface area contributed by atoms with Crippen molar-refractivity contribution in [2.75, 3.05) is 0 Å². The molecule has 1 aromatic rings. The molecule has 0 heterocycles. The monoisotopic (exact) mass is 261 g/mol. The normalized spacial score (nSPS) is 15.8. The second-order valence-electron chi connectivity index (χ2n) is 4.72. The molecule has 102 valence electrons. The molecule has 18 heavy (non-hydrogen) atoms. The fourth-order valence-electron chi connectivity index (χ4n) is 1.61. The van der Waals surface area contributed by atoms with E-state index < -0.39 is 24.7 Å². The smallest absolute Gasteiger partial charge is 0.388 e. The lowest BCUT2D eigenvalue weighted by atomic mass is 9.97. The van der Waals surface area contributed by atoms with E-state index >= 15 is 0 Å². The summed E-state index contributed by atoms with van der Waals surface area (Å²) in [4.78, 5) is 0. The van der Waals surface area contributed by atoms with E-state index in [0.29, 0.717) is 11.5 Å². The van der Waals surface area contributed by atoms with Gasteiger partial charge < -0.3 is 10.8 Å². The van der Waals surface area contributed by atoms with Crippen LogP contribution in [0.2, 0.25) is 0 Å². The Morgan fingerprint density at radius 3 is 1.94 bits per heavy atom. The largest absolute Gasteiger partial charge is 0.403 e. The van der Waals surface area contributed by atoms with Gasteiger partial charge in [0, 0.05) is 6.42 Å². The first-order chi connectivity index (χ1) is 8.21. The van der Waals surface area contributed by atoms with Gasteiger partial charge in [-0.25, -0.2) is 0 Å². The number of nitrogens with two attached hydrogens (primary N) is 1. The molecule has 5 heteroatoms. The minimum Gasteiger partial charge on any atom is -0.388 e. The van der Waals surface area contributed by atoms with Gasteiger partial charge in [0.15, 0.2) is 0 Å². The number of aliphatic hydroxyl groups excluding tert-OH is 1. The van der Waals surface area contributed by atoms with E-state index in [9.17, 15) is 18.3 Å². The van der Waals surface area contributed by atoms with Crippen molar-refractivity contribution in [1.29, 1.82) is 0 Å². The van der Waals surface area contributed by atoms with Crippen molar-refractivity contribution in [2.24, 2.45) is 5.73 Å². The van der Waals surface area contributed by atoms with Gasteiger partial charge in [0.1, 0.15) is 6.04 Å². The van der Waals surface area contributed by atoms with E-state index in [0.717, 1.165) is 5.56 Å². The zero-order chi connectivity index (χ0) is 13.9. The first-order valence-electron chi connectivity index (χ1n) is 5.82. The van der Waals surface area contributed by atoms with Crippen LogP contribution in [0.25, 0.3) is 0 Å². The maximum atomic E-state index is 12.3. The van der Waals surface area contributed by atoms with Crippen LogP contribution in [-0.2, 0) is 0 Å². The summed E-state index contributed by atoms with van der Waals surface area (Å²) < 4.78 is 36.8. The van der Waals surface area contributed by atoms with E-state index in [1.165, 1.54) is 0 Å². The van der Waals surface area contributed by atoms with Gasteiger partial charge in [-0.05, 0) is 17.0 Å². The summed E-state index contributed by atoms with van der Waals surface area (Å²) in [5, 5.41) is 9.70. The molecule has 0 aliphatic heterocycles. The lowest BCUT2D eigenvalue weighted by Crippen LogP contribution is -2.38. The average molecular weight is 261 g/mol. The molecule has 1 aromatic carbocycles. The minimum absolute atomic E-state index is 0.341. The molecule has 0 bridgehead atoms. The Bertz CT molecular complexity index is 373. The summed E-state index contributed by atoms with van der Waals surface area (Å²) in [5.74, 6) is 0.341. The quantitative estimate of drug-likeness (QED) is 0.874. The topological polar surface area (TPSA) is 46.2 Å². The van der Waals surface area contributed by atoms with E-state index in [4.69, 9.17) is 5.73 Å². The summed E-state index contributed by atoms with van der Waals surface area (Å²) >= 11 is 0. The van der Waals surface area contributed by atoms with Gasteiger partial charge in [-0.3, -0.25) is 0 Å². The third-order valence-corrected chi connectivity index (χ3v) is 2.89. The Labute approximate surface area is 105 Å². The molecule has 0 unspecified atom stereocenters. The molecule has 0 amide bonds. The van der Waals surface area contributed by atoms with E-state index in [2.05, 4.69) is 0 Å². The SMILES string of the molecule is CC(C)c1ccc([C@@H](O)C[C@H](N)C(F)(F)F)cc1. The molecule has 0 aliphatic carbocycles. The first-order valence-corrected chi connectivity index (χ1v) is 5.82. The van der Waals surface area contributed by atoms with Crippen molar-refractivity contribution in [3.63, 3.8) is 0 Å². The predicted octanol–water partition coefficient (Wildman–Crippen LogP) is 3.12. The fraction of sp³-hybridized carbons (Fsp3) is 0.538. The summed E-state index contributed by atoms with van der Waals surface area (Å²) in [5.41, 5.74) is 6.51. The third-order valence-electron chi connectivity index (χ3n) is 2.89. The maximum Gasteiger partial charge on any atom is 0.403 e. The molecule has 1 rings (SSSR count). The van der Waals surface area contributed by atoms with Crippen molar-refractivity contribution in [2.45, 2.75) is 44.5 Å². The predicted molar refractivity (Wildman–Crippen MR) is 64.1 cm³/mol. The van der Waals surface area contributed by atoms with Gasteiger partial charge in [-0.15, -0.1) is 0 Å². The highest BCUT2D eigenvalue weighted by molar-refractivity contribution is 5.26. The molecular weight excluding hydrogens is 243 g/mol. The van der Waals surface area contributed by atoms with Crippen LogP contribution in [0.4, 0.5) is 13.2 Å². The van der Waals surface area contributed by atoms with Crippen molar-refractivity contribution >= 4 is 0 Å². The van der Waals surface area contributed by atoms with Gasteiger partial charge >= 0.3 is 6.18 Å². The number of hydrogen-bond acceptors (Lipinski definition) is 2. The van der Waals surface area contributed by atoms with Crippen LogP contribution in [0.15, 0.2) is 24.3 Å². The highest BCUT2D eigenvalue weighted by Crippen LogP contribution is 2.27. The minimum atomic E-state index is -4.47. The van der Waals surface area contributed by atoms with Crippen LogP contribution in [0.1, 0.15) is 43.4 Å². The van der Waals surface area contributed by atoms with E-state index in [1.807, 2.05) is 26.0 Å². The molecule has 0 fully saturated rings. The summed E-state index contributed by atoms with van der Waals surface area (Å²) in [6, 6.07) is 4.90. The van der Waals surface area contributed by atoms with Gasteiger partial charge in [0.05, 0.1) is 6.10 Å². The first kappa shape index (κ1) is 15.0. The van der Waals surface area contributed by atoms with Crippen LogP contribution in [0, 0.1) is 0 Å². The van der Waals surface area contributed by atoms with Crippen molar-refractivity contribution in [3.05, 3.63) is 35.4 Å². The highest BCUT2D eigenvalue weighted by Gasteiger charge is 2.37. The fourth-order valence-corrected chi connectivity index (χ4v) is 1.61. The Morgan fingerprint density at radius 1 is 1.11 bits per heavy atom. The van der Waals surface area contributed by atoms with Gasteiger partial charge in [-0.1, -0.05) is 38.1 Å². The van der Waals surface area contributed by atoms with E-state index in [-0.39, 0.29) is 0 Å². The number of benzene rings is 1. The summed E-state index contributed by atoms with van der Waals surface area (Å²) in [6.07, 6.45) is -6.19. The number of hydrogen-bond donors (Lipinski definition) is 2. The molecule has 0 saturated heterocycles. The third kappa shape index (κ3) is 3.99. The molecule has 0 saturated carbocycles. The summed E-state index contributed by atoms with van der Waals surface area (Å²) in [7, 11) is 0. The molecular formula is C13H18F3NO. The van der Waals surface area contributed by atoms with Gasteiger partial charge in [0.2, 0.25) is 0 Å². The van der Waals surface area contributed by atoms with Crippen LogP contribution in [0.3, 0.4) is 0 Å². The second-order valence-corrected chi connectivity index (χ2v) is 4.72. The van der Waals surface area contributed by atoms with Crippen molar-refractivity contribution < 1.29 is 18.3 Å². The van der Waals surface area contributed by atoms with Crippen LogP contribution in [0.5, 0.6) is 0 Å². The molecule has 0 aliphatic rings. The highest BCUT2D eigenvalue weighted by atomic mass is 19.4. The number of rotatable bonds is 4. The standard InChI is InChI=1S/C13H18F3NO/c1-8(2)9-3-5-10(6-4-9)11(18)7-12(17)13(14,15)16/h3-6,8,11-12,18H,7,17H2,1-2H3/t11-,12-/m0/s1. The lowest BCUT2D eigenvalue weighted by Gasteiger charge is -2.19. The van der Waals surface area contributed by atoms with Gasteiger partial charge in [-0.2, -0.15) is 13.2 Å². The Balaban J connectivity index is 2.70. The van der Waals surface area contributed by atoms with E-state index in [1.54, 1.807) is 12.1 Å². The van der Waals surface area contributed by atoms with Gasteiger partial charge in [0.25, 0.3) is 0 Å². The Hall–Kier alpha value is -1.07. The number of aliphatic hydroxyl groups is 1. The average Bonchev–Trinajstić information content (AvgIpc) is 2.27. The Kier molecular flexibility index (Phi) is 4.76. The zero-order valence-electron chi connectivity index (χ0n) is 10.4. The summed E-state index contributed by atoms with van der Waals surface area (Å²) in [6.45, 7) is 4.04. The molecule has 0 radical (unpaired) electrons. The number of alkyl halides is 3. The molecule has 2 atom stereocenters.